The number of hydrogen-bond donors (Lipinski definition) is 0. The van der Waals surface area contributed by atoms with Gasteiger partial charge in [0.05, 0.1) is 12.8 Å². The third kappa shape index (κ3) is 2.36. The third-order valence-corrected chi connectivity index (χ3v) is 3.04. The van der Waals surface area contributed by atoms with Crippen molar-refractivity contribution < 1.29 is 9.15 Å². The lowest BCUT2D eigenvalue weighted by atomic mass is 10.3. The van der Waals surface area contributed by atoms with Crippen molar-refractivity contribution >= 4 is 11.8 Å². The standard InChI is InChI=1S/C11H12N2O3S/c1-3-17-9-7-5-4-6-8(9)13-11(14)16-10(12-13)15-2/h4-7H,3H2,1-2H3. The highest BCUT2D eigenvalue weighted by atomic mass is 32.2. The Kier molecular flexibility index (Phi) is 3.53. The molecule has 0 spiro atoms. The quantitative estimate of drug-likeness (QED) is 0.778. The zero-order chi connectivity index (χ0) is 12.3. The van der Waals surface area contributed by atoms with Crippen molar-refractivity contribution in [3.05, 3.63) is 34.8 Å². The van der Waals surface area contributed by atoms with Crippen molar-refractivity contribution in [3.63, 3.8) is 0 Å². The molecule has 0 radical (unpaired) electrons. The van der Waals surface area contributed by atoms with Gasteiger partial charge in [-0.05, 0) is 17.9 Å². The Labute approximate surface area is 102 Å². The molecule has 6 heteroatoms. The van der Waals surface area contributed by atoms with Crippen LogP contribution < -0.4 is 10.5 Å². The zero-order valence-corrected chi connectivity index (χ0v) is 10.4. The van der Waals surface area contributed by atoms with Crippen LogP contribution in [0.1, 0.15) is 6.92 Å². The van der Waals surface area contributed by atoms with Crippen molar-refractivity contribution in [2.24, 2.45) is 0 Å². The summed E-state index contributed by atoms with van der Waals surface area (Å²) in [5.74, 6) is 0.367. The number of aromatic nitrogens is 2. The number of para-hydroxylation sites is 1. The fourth-order valence-electron chi connectivity index (χ4n) is 1.41. The number of ether oxygens (including phenoxy) is 1. The maximum Gasteiger partial charge on any atom is 0.444 e. The van der Waals surface area contributed by atoms with Crippen LogP contribution in [0.3, 0.4) is 0 Å². The topological polar surface area (TPSA) is 57.3 Å². The number of methoxy groups -OCH3 is 1. The van der Waals surface area contributed by atoms with Crippen LogP contribution in [0.2, 0.25) is 0 Å². The molecule has 0 fully saturated rings. The van der Waals surface area contributed by atoms with Crippen LogP contribution in [-0.2, 0) is 0 Å². The van der Waals surface area contributed by atoms with Gasteiger partial charge in [0.25, 0.3) is 0 Å². The van der Waals surface area contributed by atoms with Crippen LogP contribution in [-0.4, -0.2) is 22.6 Å². The minimum Gasteiger partial charge on any atom is -0.452 e. The lowest BCUT2D eigenvalue weighted by Gasteiger charge is -2.05. The van der Waals surface area contributed by atoms with Crippen molar-refractivity contribution in [2.45, 2.75) is 11.8 Å². The molecule has 0 bridgehead atoms. The lowest BCUT2D eigenvalue weighted by Crippen LogP contribution is -2.14. The summed E-state index contributed by atoms with van der Waals surface area (Å²) in [6.07, 6.45) is -0.0358. The van der Waals surface area contributed by atoms with Crippen LogP contribution in [0, 0.1) is 0 Å². The van der Waals surface area contributed by atoms with E-state index < -0.39 is 5.76 Å². The number of rotatable bonds is 4. The molecule has 0 aliphatic carbocycles. The summed E-state index contributed by atoms with van der Waals surface area (Å²) in [4.78, 5) is 12.6. The molecule has 0 aliphatic rings. The highest BCUT2D eigenvalue weighted by Gasteiger charge is 2.12. The second-order valence-electron chi connectivity index (χ2n) is 3.15. The van der Waals surface area contributed by atoms with E-state index in [1.54, 1.807) is 11.8 Å². The summed E-state index contributed by atoms with van der Waals surface area (Å²) in [5, 5.41) is 3.94. The normalized spacial score (nSPS) is 10.5. The van der Waals surface area contributed by atoms with Gasteiger partial charge in [-0.25, -0.2) is 4.79 Å². The van der Waals surface area contributed by atoms with Gasteiger partial charge < -0.3 is 9.15 Å². The Bertz CT molecular complexity index is 562. The van der Waals surface area contributed by atoms with E-state index in [2.05, 4.69) is 5.10 Å². The number of hydrogen-bond acceptors (Lipinski definition) is 5. The van der Waals surface area contributed by atoms with Crippen molar-refractivity contribution in [1.29, 1.82) is 0 Å². The second-order valence-corrected chi connectivity index (χ2v) is 4.46. The Balaban J connectivity index is 2.51. The first-order valence-electron chi connectivity index (χ1n) is 5.12. The van der Waals surface area contributed by atoms with Gasteiger partial charge in [0.1, 0.15) is 0 Å². The van der Waals surface area contributed by atoms with E-state index >= 15 is 0 Å². The van der Waals surface area contributed by atoms with Crippen LogP contribution in [0.15, 0.2) is 38.4 Å². The summed E-state index contributed by atoms with van der Waals surface area (Å²) >= 11 is 1.64. The average molecular weight is 252 g/mol. The fourth-order valence-corrected chi connectivity index (χ4v) is 2.19. The average Bonchev–Trinajstić information content (AvgIpc) is 2.72. The largest absolute Gasteiger partial charge is 0.452 e. The molecule has 1 aromatic heterocycles. The first-order valence-corrected chi connectivity index (χ1v) is 6.11. The molecule has 0 N–H and O–H groups in total. The Hall–Kier alpha value is -1.69. The summed E-state index contributed by atoms with van der Waals surface area (Å²) in [7, 11) is 1.41. The Morgan fingerprint density at radius 2 is 2.24 bits per heavy atom. The summed E-state index contributed by atoms with van der Waals surface area (Å²) < 4.78 is 10.8. The molecular weight excluding hydrogens is 240 g/mol. The van der Waals surface area contributed by atoms with Gasteiger partial charge in [0.2, 0.25) is 0 Å². The predicted octanol–water partition coefficient (Wildman–Crippen LogP) is 1.95. The lowest BCUT2D eigenvalue weighted by molar-refractivity contribution is 0.282. The molecule has 0 saturated carbocycles. The van der Waals surface area contributed by atoms with Crippen molar-refractivity contribution in [3.8, 4) is 11.8 Å². The number of benzene rings is 1. The van der Waals surface area contributed by atoms with E-state index in [9.17, 15) is 4.79 Å². The molecule has 2 rings (SSSR count). The van der Waals surface area contributed by atoms with E-state index in [4.69, 9.17) is 9.15 Å². The number of thioether (sulfide) groups is 1. The molecule has 0 atom stereocenters. The van der Waals surface area contributed by atoms with Gasteiger partial charge in [0.15, 0.2) is 0 Å². The smallest absolute Gasteiger partial charge is 0.444 e. The molecule has 1 aromatic carbocycles. The van der Waals surface area contributed by atoms with Gasteiger partial charge in [0, 0.05) is 4.90 Å². The molecule has 1 heterocycles. The molecule has 2 aromatic rings. The first kappa shape index (κ1) is 11.8. The predicted molar refractivity (Wildman–Crippen MR) is 65.1 cm³/mol. The molecule has 0 aliphatic heterocycles. The van der Waals surface area contributed by atoms with Gasteiger partial charge in [-0.15, -0.1) is 11.8 Å². The SMILES string of the molecule is CCSc1ccccc1-n1nc(OC)oc1=O. The zero-order valence-electron chi connectivity index (χ0n) is 9.54. The minimum absolute atomic E-state index is 0.0358. The summed E-state index contributed by atoms with van der Waals surface area (Å²) in [5.41, 5.74) is 0.705. The molecule has 0 amide bonds. The molecule has 90 valence electrons. The van der Waals surface area contributed by atoms with Crippen LogP contribution in [0.4, 0.5) is 0 Å². The van der Waals surface area contributed by atoms with Gasteiger partial charge >= 0.3 is 11.8 Å². The summed E-state index contributed by atoms with van der Waals surface area (Å²) in [6.45, 7) is 2.05. The number of nitrogens with zero attached hydrogens (tertiary/aromatic N) is 2. The highest BCUT2D eigenvalue weighted by molar-refractivity contribution is 7.99. The van der Waals surface area contributed by atoms with E-state index in [-0.39, 0.29) is 6.08 Å². The third-order valence-electron chi connectivity index (χ3n) is 2.10. The molecule has 5 nitrogen and oxygen atoms in total. The van der Waals surface area contributed by atoms with Crippen LogP contribution in [0.5, 0.6) is 6.08 Å². The van der Waals surface area contributed by atoms with Crippen LogP contribution >= 0.6 is 11.8 Å². The van der Waals surface area contributed by atoms with Gasteiger partial charge in [-0.3, -0.25) is 0 Å². The maximum atomic E-state index is 11.6. The van der Waals surface area contributed by atoms with Gasteiger partial charge in [-0.1, -0.05) is 24.2 Å². The first-order chi connectivity index (χ1) is 8.26. The van der Waals surface area contributed by atoms with E-state index in [0.29, 0.717) is 5.69 Å². The van der Waals surface area contributed by atoms with E-state index in [1.807, 2.05) is 31.2 Å². The molecule has 17 heavy (non-hydrogen) atoms. The van der Waals surface area contributed by atoms with E-state index in [0.717, 1.165) is 10.6 Å². The van der Waals surface area contributed by atoms with E-state index in [1.165, 1.54) is 11.8 Å². The summed E-state index contributed by atoms with van der Waals surface area (Å²) in [6, 6.07) is 7.53. The van der Waals surface area contributed by atoms with Crippen molar-refractivity contribution in [1.82, 2.24) is 9.78 Å². The van der Waals surface area contributed by atoms with Crippen molar-refractivity contribution in [2.75, 3.05) is 12.9 Å². The Morgan fingerprint density at radius 3 is 2.88 bits per heavy atom. The van der Waals surface area contributed by atoms with Gasteiger partial charge in [-0.2, -0.15) is 4.68 Å². The monoisotopic (exact) mass is 252 g/mol. The second kappa shape index (κ2) is 5.09. The maximum absolute atomic E-state index is 11.6. The molecular formula is C11H12N2O3S. The minimum atomic E-state index is -0.550. The molecule has 0 unspecified atom stereocenters. The fraction of sp³-hybridized carbons (Fsp3) is 0.273. The molecule has 0 saturated heterocycles. The Morgan fingerprint density at radius 1 is 1.47 bits per heavy atom. The highest BCUT2D eigenvalue weighted by Crippen LogP contribution is 2.24. The van der Waals surface area contributed by atoms with Crippen LogP contribution in [0.25, 0.3) is 5.69 Å².